The van der Waals surface area contributed by atoms with Crippen LogP contribution >= 0.6 is 0 Å². The third-order valence-corrected chi connectivity index (χ3v) is 12.7. The molecule has 0 heterocycles. The van der Waals surface area contributed by atoms with Crippen molar-refractivity contribution in [1.82, 2.24) is 0 Å². The molecule has 0 aliphatic heterocycles. The van der Waals surface area contributed by atoms with E-state index >= 15 is 0 Å². The molecule has 66 heavy (non-hydrogen) atoms. The molecule has 0 fully saturated rings. The molecule has 11 rings (SSSR count). The van der Waals surface area contributed by atoms with Gasteiger partial charge in [0.05, 0.1) is 0 Å². The third kappa shape index (κ3) is 8.69. The topological polar surface area (TPSA) is 0 Å². The van der Waals surface area contributed by atoms with Crippen molar-refractivity contribution in [2.45, 2.75) is 0 Å². The summed E-state index contributed by atoms with van der Waals surface area (Å²) in [7, 11) is 0. The van der Waals surface area contributed by atoms with Gasteiger partial charge in [-0.15, -0.1) is 0 Å². The number of rotatable bonds is 10. The molecule has 0 bridgehead atoms. The largest absolute Gasteiger partial charge is 0.0622 e. The molecule has 0 amide bonds. The Bertz CT molecular complexity index is 3270. The predicted octanol–water partition coefficient (Wildman–Crippen LogP) is 18.4. The molecule has 0 nitrogen and oxygen atoms in total. The van der Waals surface area contributed by atoms with Crippen molar-refractivity contribution in [1.29, 1.82) is 0 Å². The van der Waals surface area contributed by atoms with Gasteiger partial charge in [-0.05, 0) is 160 Å². The van der Waals surface area contributed by atoms with Gasteiger partial charge in [0.1, 0.15) is 0 Å². The van der Waals surface area contributed by atoms with Gasteiger partial charge >= 0.3 is 0 Å². The maximum atomic E-state index is 2.36. The van der Waals surface area contributed by atoms with Crippen molar-refractivity contribution in [3.63, 3.8) is 0 Å². The van der Waals surface area contributed by atoms with Crippen LogP contribution in [0.5, 0.6) is 0 Å². The molecule has 0 unspecified atom stereocenters. The highest BCUT2D eigenvalue weighted by molar-refractivity contribution is 5.86. The third-order valence-electron chi connectivity index (χ3n) is 12.7. The molecule has 0 atom stereocenters. The summed E-state index contributed by atoms with van der Waals surface area (Å²) >= 11 is 0. The van der Waals surface area contributed by atoms with Crippen LogP contribution in [0.3, 0.4) is 0 Å². The molecule has 0 N–H and O–H groups in total. The predicted molar refractivity (Wildman–Crippen MR) is 281 cm³/mol. The highest BCUT2D eigenvalue weighted by atomic mass is 14.2. The first-order chi connectivity index (χ1) is 32.7. The minimum atomic E-state index is 1.17. The summed E-state index contributed by atoms with van der Waals surface area (Å²) in [6, 6.07) is 101. The number of hydrogen-bond acceptors (Lipinski definition) is 0. The zero-order valence-corrected chi connectivity index (χ0v) is 36.6. The first-order valence-electron chi connectivity index (χ1n) is 22.7. The van der Waals surface area contributed by atoms with Crippen molar-refractivity contribution in [2.75, 3.05) is 0 Å². The Kier molecular flexibility index (Phi) is 11.1. The molecule has 0 saturated heterocycles. The summed E-state index contributed by atoms with van der Waals surface area (Å²) in [5.74, 6) is 0. The van der Waals surface area contributed by atoms with Crippen LogP contribution in [0.4, 0.5) is 0 Å². The van der Waals surface area contributed by atoms with E-state index in [1.807, 2.05) is 0 Å². The van der Waals surface area contributed by atoms with Gasteiger partial charge in [-0.2, -0.15) is 0 Å². The Labute approximate surface area is 388 Å². The summed E-state index contributed by atoms with van der Waals surface area (Å²) in [5.41, 5.74) is 23.9. The maximum absolute atomic E-state index is 2.36. The molecule has 0 radical (unpaired) electrons. The molecular formula is C66H46. The average molecular weight is 839 g/mol. The SMILES string of the molecule is c1ccc(-c2ccc(-c3cccc(-c4cc(-c5cccc(-c6ccc(-c7ccccc7)cc6)c5)cc(-c5cccc(-c6cccc(-c7cccc(-c8ccccc8)c7)c6)c5)c4)c3)cc2)cc1. The van der Waals surface area contributed by atoms with E-state index in [0.717, 1.165) is 0 Å². The molecule has 0 aromatic heterocycles. The highest BCUT2D eigenvalue weighted by Gasteiger charge is 2.12. The van der Waals surface area contributed by atoms with E-state index in [0.29, 0.717) is 0 Å². The van der Waals surface area contributed by atoms with Crippen LogP contribution in [-0.4, -0.2) is 0 Å². The van der Waals surface area contributed by atoms with Gasteiger partial charge in [-0.1, -0.05) is 231 Å². The van der Waals surface area contributed by atoms with Crippen LogP contribution in [-0.2, 0) is 0 Å². The van der Waals surface area contributed by atoms with Gasteiger partial charge in [0.2, 0.25) is 0 Å². The molecule has 0 aliphatic rings. The van der Waals surface area contributed by atoms with Crippen molar-refractivity contribution in [3.05, 3.63) is 279 Å². The molecule has 0 spiro atoms. The van der Waals surface area contributed by atoms with Gasteiger partial charge in [0, 0.05) is 0 Å². The van der Waals surface area contributed by atoms with Crippen molar-refractivity contribution in [3.8, 4) is 111 Å². The standard InChI is InChI=1S/C66H46/c1-4-15-47(16-5-1)50-31-35-52(36-32-50)55-22-11-28-61(40-55)64-44-65(62-29-12-23-56(41-62)53-37-33-51(34-38-53)48-17-6-2-7-18-48)46-66(45-64)63-30-14-27-60(43-63)59-26-13-25-58(42-59)57-24-10-21-54(39-57)49-19-8-3-9-20-49/h1-46H. The summed E-state index contributed by atoms with van der Waals surface area (Å²) in [5, 5.41) is 0. The molecule has 0 saturated carbocycles. The summed E-state index contributed by atoms with van der Waals surface area (Å²) in [4.78, 5) is 0. The second kappa shape index (κ2) is 18.3. The van der Waals surface area contributed by atoms with Gasteiger partial charge in [0.25, 0.3) is 0 Å². The molecular weight excluding hydrogens is 793 g/mol. The molecule has 11 aromatic rings. The summed E-state index contributed by atoms with van der Waals surface area (Å²) in [6.45, 7) is 0. The lowest BCUT2D eigenvalue weighted by molar-refractivity contribution is 1.54. The van der Waals surface area contributed by atoms with Crippen molar-refractivity contribution in [2.24, 2.45) is 0 Å². The van der Waals surface area contributed by atoms with Crippen LogP contribution < -0.4 is 0 Å². The van der Waals surface area contributed by atoms with Gasteiger partial charge in [-0.25, -0.2) is 0 Å². The van der Waals surface area contributed by atoms with Crippen molar-refractivity contribution < 1.29 is 0 Å². The Morgan fingerprint density at radius 3 is 0.470 bits per heavy atom. The Morgan fingerprint density at radius 1 is 0.0909 bits per heavy atom. The smallest absolute Gasteiger partial charge is 0.0171 e. The number of hydrogen-bond donors (Lipinski definition) is 0. The zero-order chi connectivity index (χ0) is 44.1. The molecule has 0 aliphatic carbocycles. The summed E-state index contributed by atoms with van der Waals surface area (Å²) < 4.78 is 0. The van der Waals surface area contributed by atoms with E-state index in [9.17, 15) is 0 Å². The maximum Gasteiger partial charge on any atom is -0.0171 e. The van der Waals surface area contributed by atoms with Crippen LogP contribution in [0.15, 0.2) is 279 Å². The van der Waals surface area contributed by atoms with E-state index in [4.69, 9.17) is 0 Å². The van der Waals surface area contributed by atoms with Gasteiger partial charge in [-0.3, -0.25) is 0 Å². The fourth-order valence-corrected chi connectivity index (χ4v) is 9.12. The fourth-order valence-electron chi connectivity index (χ4n) is 9.12. The second-order valence-electron chi connectivity index (χ2n) is 17.0. The van der Waals surface area contributed by atoms with Gasteiger partial charge < -0.3 is 0 Å². The van der Waals surface area contributed by atoms with E-state index in [-0.39, 0.29) is 0 Å². The Balaban J connectivity index is 0.972. The van der Waals surface area contributed by atoms with E-state index < -0.39 is 0 Å². The lowest BCUT2D eigenvalue weighted by atomic mass is 9.90. The number of benzene rings is 11. The van der Waals surface area contributed by atoms with E-state index in [1.165, 1.54) is 111 Å². The van der Waals surface area contributed by atoms with E-state index in [1.54, 1.807) is 0 Å². The van der Waals surface area contributed by atoms with Crippen LogP contribution in [0.25, 0.3) is 111 Å². The first kappa shape index (κ1) is 40.2. The summed E-state index contributed by atoms with van der Waals surface area (Å²) in [6.07, 6.45) is 0. The zero-order valence-electron chi connectivity index (χ0n) is 36.6. The fraction of sp³-hybridized carbons (Fsp3) is 0. The minimum absolute atomic E-state index is 1.17. The molecule has 11 aromatic carbocycles. The lowest BCUT2D eigenvalue weighted by Crippen LogP contribution is -1.89. The van der Waals surface area contributed by atoms with E-state index in [2.05, 4.69) is 279 Å². The molecule has 310 valence electrons. The quantitative estimate of drug-likeness (QED) is 0.129. The Hall–Kier alpha value is -8.58. The monoisotopic (exact) mass is 838 g/mol. The van der Waals surface area contributed by atoms with Crippen LogP contribution in [0.2, 0.25) is 0 Å². The first-order valence-corrected chi connectivity index (χ1v) is 22.7. The Morgan fingerprint density at radius 2 is 0.227 bits per heavy atom. The van der Waals surface area contributed by atoms with Crippen LogP contribution in [0.1, 0.15) is 0 Å². The average Bonchev–Trinajstić information content (AvgIpc) is 3.42. The van der Waals surface area contributed by atoms with Crippen molar-refractivity contribution >= 4 is 0 Å². The van der Waals surface area contributed by atoms with Crippen LogP contribution in [0, 0.1) is 0 Å². The molecule has 0 heteroatoms. The normalized spacial score (nSPS) is 11.0. The second-order valence-corrected chi connectivity index (χ2v) is 17.0. The minimum Gasteiger partial charge on any atom is -0.0622 e. The van der Waals surface area contributed by atoms with Gasteiger partial charge in [0.15, 0.2) is 0 Å². The lowest BCUT2D eigenvalue weighted by Gasteiger charge is -2.14. The highest BCUT2D eigenvalue weighted by Crippen LogP contribution is 2.38.